The van der Waals surface area contributed by atoms with Gasteiger partial charge in [-0.25, -0.2) is 0 Å². The van der Waals surface area contributed by atoms with Gasteiger partial charge in [-0.15, -0.1) is 0 Å². The van der Waals surface area contributed by atoms with Crippen molar-refractivity contribution in [3.63, 3.8) is 0 Å². The van der Waals surface area contributed by atoms with Gasteiger partial charge in [0.15, 0.2) is 0 Å². The predicted octanol–water partition coefficient (Wildman–Crippen LogP) is 0.749. The highest BCUT2D eigenvalue weighted by atomic mass is 16.4. The van der Waals surface area contributed by atoms with Crippen LogP contribution in [0.25, 0.3) is 0 Å². The van der Waals surface area contributed by atoms with E-state index in [2.05, 4.69) is 0 Å². The number of carbonyl (C=O) groups excluding carboxylic acids is 2. The molecule has 0 unspecified atom stereocenters. The second-order valence-electron chi connectivity index (χ2n) is 5.26. The SMILES string of the molecule is CN(CC(=O)O)C(=O)[C@@H]1CC(=O)N(C)[C@H]1c1ccccc1. The van der Waals surface area contributed by atoms with Crippen molar-refractivity contribution in [2.45, 2.75) is 12.5 Å². The zero-order valence-corrected chi connectivity index (χ0v) is 12.0. The molecule has 6 heteroatoms. The van der Waals surface area contributed by atoms with E-state index in [-0.39, 0.29) is 30.8 Å². The first-order valence-electron chi connectivity index (χ1n) is 6.69. The Bertz CT molecular complexity index is 558. The summed E-state index contributed by atoms with van der Waals surface area (Å²) in [4.78, 5) is 37.9. The van der Waals surface area contributed by atoms with Crippen molar-refractivity contribution >= 4 is 17.8 Å². The molecule has 1 saturated heterocycles. The lowest BCUT2D eigenvalue weighted by molar-refractivity contribution is -0.145. The molecule has 112 valence electrons. The van der Waals surface area contributed by atoms with Gasteiger partial charge in [0.2, 0.25) is 11.8 Å². The summed E-state index contributed by atoms with van der Waals surface area (Å²) in [6, 6.07) is 8.98. The number of likely N-dealkylation sites (N-methyl/N-ethyl adjacent to an activating group) is 1. The van der Waals surface area contributed by atoms with Gasteiger partial charge in [-0.2, -0.15) is 0 Å². The molecule has 0 aliphatic carbocycles. The quantitative estimate of drug-likeness (QED) is 0.887. The summed E-state index contributed by atoms with van der Waals surface area (Å²) >= 11 is 0. The number of carbonyl (C=O) groups is 3. The number of amides is 2. The molecule has 0 bridgehead atoms. The van der Waals surface area contributed by atoms with Crippen LogP contribution in [0.1, 0.15) is 18.0 Å². The van der Waals surface area contributed by atoms with Crippen LogP contribution in [0, 0.1) is 5.92 Å². The van der Waals surface area contributed by atoms with Gasteiger partial charge in [0.1, 0.15) is 6.54 Å². The van der Waals surface area contributed by atoms with E-state index >= 15 is 0 Å². The van der Waals surface area contributed by atoms with Crippen LogP contribution >= 0.6 is 0 Å². The van der Waals surface area contributed by atoms with Gasteiger partial charge in [0, 0.05) is 20.5 Å². The molecule has 1 heterocycles. The summed E-state index contributed by atoms with van der Waals surface area (Å²) in [6.07, 6.45) is 0.110. The molecule has 1 aliphatic heterocycles. The summed E-state index contributed by atoms with van der Waals surface area (Å²) in [6.45, 7) is -0.366. The maximum absolute atomic E-state index is 12.4. The molecule has 1 aromatic rings. The molecule has 1 aliphatic rings. The third-order valence-electron chi connectivity index (χ3n) is 3.79. The maximum atomic E-state index is 12.4. The van der Waals surface area contributed by atoms with E-state index < -0.39 is 11.9 Å². The van der Waals surface area contributed by atoms with Crippen molar-refractivity contribution in [1.29, 1.82) is 0 Å². The predicted molar refractivity (Wildman–Crippen MR) is 75.3 cm³/mol. The fourth-order valence-corrected chi connectivity index (χ4v) is 2.76. The van der Waals surface area contributed by atoms with Crippen molar-refractivity contribution in [2.75, 3.05) is 20.6 Å². The van der Waals surface area contributed by atoms with Gasteiger partial charge in [-0.1, -0.05) is 30.3 Å². The first-order chi connectivity index (χ1) is 9.91. The summed E-state index contributed by atoms with van der Waals surface area (Å²) in [5, 5.41) is 8.79. The molecule has 2 rings (SSSR count). The molecule has 0 aromatic heterocycles. The number of carboxylic acids is 1. The van der Waals surface area contributed by atoms with E-state index in [0.717, 1.165) is 10.5 Å². The summed E-state index contributed by atoms with van der Waals surface area (Å²) < 4.78 is 0. The minimum atomic E-state index is -1.07. The number of hydrogen-bond donors (Lipinski definition) is 1. The summed E-state index contributed by atoms with van der Waals surface area (Å²) in [5.74, 6) is -2.04. The highest BCUT2D eigenvalue weighted by molar-refractivity contribution is 5.91. The average Bonchev–Trinajstić information content (AvgIpc) is 2.74. The lowest BCUT2D eigenvalue weighted by Crippen LogP contribution is -2.38. The molecule has 1 fully saturated rings. The molecule has 21 heavy (non-hydrogen) atoms. The first-order valence-corrected chi connectivity index (χ1v) is 6.69. The molecule has 0 radical (unpaired) electrons. The molecule has 0 saturated carbocycles. The zero-order valence-electron chi connectivity index (χ0n) is 12.0. The van der Waals surface area contributed by atoms with Gasteiger partial charge >= 0.3 is 5.97 Å². The topological polar surface area (TPSA) is 77.9 Å². The second kappa shape index (κ2) is 5.95. The molecule has 2 atom stereocenters. The van der Waals surface area contributed by atoms with E-state index in [4.69, 9.17) is 5.11 Å². The smallest absolute Gasteiger partial charge is 0.323 e. The fraction of sp³-hybridized carbons (Fsp3) is 0.400. The standard InChI is InChI=1S/C15H18N2O4/c1-16(9-13(19)20)15(21)11-8-12(18)17(2)14(11)10-6-4-3-5-7-10/h3-7,11,14H,8-9H2,1-2H3,(H,19,20)/t11-,14+/m1/s1. The van der Waals surface area contributed by atoms with Gasteiger partial charge < -0.3 is 14.9 Å². The first kappa shape index (κ1) is 15.0. The largest absolute Gasteiger partial charge is 0.480 e. The molecule has 1 N–H and O–H groups in total. The van der Waals surface area contributed by atoms with Crippen molar-refractivity contribution in [3.05, 3.63) is 35.9 Å². The number of benzene rings is 1. The molecule has 2 amide bonds. The monoisotopic (exact) mass is 290 g/mol. The molecular weight excluding hydrogens is 272 g/mol. The van der Waals surface area contributed by atoms with Crippen LogP contribution in [0.3, 0.4) is 0 Å². The molecule has 1 aromatic carbocycles. The Kier molecular flexibility index (Phi) is 4.26. The Balaban J connectivity index is 2.26. The third kappa shape index (κ3) is 3.04. The van der Waals surface area contributed by atoms with Gasteiger partial charge in [0.25, 0.3) is 0 Å². The Morgan fingerprint density at radius 3 is 2.52 bits per heavy atom. The Morgan fingerprint density at radius 2 is 1.95 bits per heavy atom. The van der Waals surface area contributed by atoms with E-state index in [1.807, 2.05) is 30.3 Å². The fourth-order valence-electron chi connectivity index (χ4n) is 2.76. The number of carboxylic acid groups (broad SMARTS) is 1. The highest BCUT2D eigenvalue weighted by Crippen LogP contribution is 2.37. The van der Waals surface area contributed by atoms with E-state index in [9.17, 15) is 14.4 Å². The van der Waals surface area contributed by atoms with Gasteiger partial charge in [-0.05, 0) is 5.56 Å². The Hall–Kier alpha value is -2.37. The van der Waals surface area contributed by atoms with Crippen LogP contribution in [-0.2, 0) is 14.4 Å². The van der Waals surface area contributed by atoms with Crippen LogP contribution in [0.5, 0.6) is 0 Å². The molecule has 6 nitrogen and oxygen atoms in total. The van der Waals surface area contributed by atoms with Crippen LogP contribution in [0.4, 0.5) is 0 Å². The lowest BCUT2D eigenvalue weighted by Gasteiger charge is -2.27. The minimum absolute atomic E-state index is 0.106. The van der Waals surface area contributed by atoms with Crippen molar-refractivity contribution in [2.24, 2.45) is 5.92 Å². The van der Waals surface area contributed by atoms with Crippen molar-refractivity contribution in [1.82, 2.24) is 9.80 Å². The van der Waals surface area contributed by atoms with Crippen molar-refractivity contribution < 1.29 is 19.5 Å². The van der Waals surface area contributed by atoms with E-state index in [1.54, 1.807) is 11.9 Å². The Labute approximate surface area is 123 Å². The van der Waals surface area contributed by atoms with Crippen LogP contribution in [-0.4, -0.2) is 53.3 Å². The highest BCUT2D eigenvalue weighted by Gasteiger charge is 2.43. The number of nitrogens with zero attached hydrogens (tertiary/aromatic N) is 2. The van der Waals surface area contributed by atoms with Crippen LogP contribution in [0.2, 0.25) is 0 Å². The summed E-state index contributed by atoms with van der Waals surface area (Å²) in [7, 11) is 3.12. The van der Waals surface area contributed by atoms with E-state index in [1.165, 1.54) is 7.05 Å². The number of likely N-dealkylation sites (tertiary alicyclic amines) is 1. The number of rotatable bonds is 4. The number of hydrogen-bond acceptors (Lipinski definition) is 3. The number of aliphatic carboxylic acids is 1. The Morgan fingerprint density at radius 1 is 1.33 bits per heavy atom. The minimum Gasteiger partial charge on any atom is -0.480 e. The summed E-state index contributed by atoms with van der Waals surface area (Å²) in [5.41, 5.74) is 0.882. The van der Waals surface area contributed by atoms with Crippen molar-refractivity contribution in [3.8, 4) is 0 Å². The second-order valence-corrected chi connectivity index (χ2v) is 5.26. The maximum Gasteiger partial charge on any atom is 0.323 e. The van der Waals surface area contributed by atoms with E-state index in [0.29, 0.717) is 0 Å². The van der Waals surface area contributed by atoms with Gasteiger partial charge in [-0.3, -0.25) is 14.4 Å². The van der Waals surface area contributed by atoms with Crippen LogP contribution in [0.15, 0.2) is 30.3 Å². The molecule has 0 spiro atoms. The van der Waals surface area contributed by atoms with Crippen LogP contribution < -0.4 is 0 Å². The lowest BCUT2D eigenvalue weighted by atomic mass is 9.92. The normalized spacial score (nSPS) is 21.4. The zero-order chi connectivity index (χ0) is 15.6. The third-order valence-corrected chi connectivity index (χ3v) is 3.79. The average molecular weight is 290 g/mol. The molecular formula is C15H18N2O4. The van der Waals surface area contributed by atoms with Gasteiger partial charge in [0.05, 0.1) is 12.0 Å².